The summed E-state index contributed by atoms with van der Waals surface area (Å²) in [5.41, 5.74) is 1.11. The average molecular weight is 271 g/mol. The summed E-state index contributed by atoms with van der Waals surface area (Å²) < 4.78 is 5.07. The Morgan fingerprint density at radius 1 is 1.65 bits per heavy atom. The van der Waals surface area contributed by atoms with E-state index in [4.69, 9.17) is 10.9 Å². The zero-order valence-electron chi connectivity index (χ0n) is 10.8. The fraction of sp³-hybridized carbons (Fsp3) is 0.214. The molecule has 2 aromatic heterocycles. The van der Waals surface area contributed by atoms with E-state index >= 15 is 0 Å². The van der Waals surface area contributed by atoms with Crippen LogP contribution in [-0.2, 0) is 0 Å². The highest BCUT2D eigenvalue weighted by Gasteiger charge is 2.26. The van der Waals surface area contributed by atoms with Gasteiger partial charge >= 0.3 is 0 Å². The predicted molar refractivity (Wildman–Crippen MR) is 71.5 cm³/mol. The van der Waals surface area contributed by atoms with Crippen LogP contribution in [-0.4, -0.2) is 27.7 Å². The third kappa shape index (κ3) is 2.68. The fourth-order valence-electron chi connectivity index (χ4n) is 1.73. The number of carbonyl (C=O) groups is 1. The first kappa shape index (κ1) is 13.8. The zero-order chi connectivity index (χ0) is 14.5. The first-order chi connectivity index (χ1) is 9.65. The second-order valence-electron chi connectivity index (χ2n) is 4.07. The van der Waals surface area contributed by atoms with Crippen molar-refractivity contribution in [3.05, 3.63) is 35.9 Å². The van der Waals surface area contributed by atoms with Crippen molar-refractivity contribution in [1.29, 1.82) is 0 Å². The number of pyridine rings is 1. The van der Waals surface area contributed by atoms with E-state index in [9.17, 15) is 9.90 Å². The molecule has 20 heavy (non-hydrogen) atoms. The molecule has 6 heteroatoms. The van der Waals surface area contributed by atoms with Gasteiger partial charge in [0.2, 0.25) is 0 Å². The molecular weight excluding hydrogens is 258 g/mol. The molecule has 0 radical (unpaired) electrons. The average Bonchev–Trinajstić information content (AvgIpc) is 2.90. The quantitative estimate of drug-likeness (QED) is 0.814. The van der Waals surface area contributed by atoms with Gasteiger partial charge in [-0.15, -0.1) is 6.42 Å². The van der Waals surface area contributed by atoms with Gasteiger partial charge in [-0.2, -0.15) is 0 Å². The van der Waals surface area contributed by atoms with E-state index in [0.29, 0.717) is 11.3 Å². The molecule has 0 saturated heterocycles. The number of nitrogens with zero attached hydrogens (tertiary/aromatic N) is 2. The number of hydrogen-bond acceptors (Lipinski definition) is 5. The van der Waals surface area contributed by atoms with Crippen LogP contribution in [0.5, 0.6) is 0 Å². The minimum absolute atomic E-state index is 0.0791. The van der Waals surface area contributed by atoms with E-state index < -0.39 is 12.0 Å². The van der Waals surface area contributed by atoms with Gasteiger partial charge in [0.05, 0.1) is 6.54 Å². The molecule has 0 spiro atoms. The van der Waals surface area contributed by atoms with Crippen LogP contribution in [0.1, 0.15) is 29.1 Å². The number of aromatic nitrogens is 2. The van der Waals surface area contributed by atoms with Gasteiger partial charge in [0, 0.05) is 18.0 Å². The minimum Gasteiger partial charge on any atom is -0.385 e. The SMILES string of the molecule is C#CCNC(=O)c1c(-c2cccnc2)noc1[C@H](C)O. The van der Waals surface area contributed by atoms with Gasteiger partial charge in [-0.25, -0.2) is 0 Å². The largest absolute Gasteiger partial charge is 0.385 e. The summed E-state index contributed by atoms with van der Waals surface area (Å²) in [6.07, 6.45) is 7.32. The first-order valence-electron chi connectivity index (χ1n) is 5.94. The summed E-state index contributed by atoms with van der Waals surface area (Å²) in [6.45, 7) is 1.57. The van der Waals surface area contributed by atoms with Crippen LogP contribution < -0.4 is 5.32 Å². The van der Waals surface area contributed by atoms with Crippen LogP contribution in [0, 0.1) is 12.3 Å². The number of amides is 1. The molecule has 6 nitrogen and oxygen atoms in total. The number of aliphatic hydroxyl groups is 1. The molecule has 0 aliphatic carbocycles. The Balaban J connectivity index is 2.48. The zero-order valence-corrected chi connectivity index (χ0v) is 10.8. The Hall–Kier alpha value is -2.65. The van der Waals surface area contributed by atoms with Gasteiger partial charge in [0.1, 0.15) is 17.4 Å². The molecule has 0 unspecified atom stereocenters. The van der Waals surface area contributed by atoms with Crippen molar-refractivity contribution in [3.8, 4) is 23.6 Å². The van der Waals surface area contributed by atoms with E-state index in [1.807, 2.05) is 0 Å². The highest BCUT2D eigenvalue weighted by atomic mass is 16.5. The molecule has 1 atom stereocenters. The van der Waals surface area contributed by atoms with Gasteiger partial charge in [-0.3, -0.25) is 9.78 Å². The molecule has 0 aliphatic rings. The maximum Gasteiger partial charge on any atom is 0.258 e. The van der Waals surface area contributed by atoms with Crippen LogP contribution >= 0.6 is 0 Å². The molecule has 102 valence electrons. The molecule has 2 heterocycles. The Labute approximate surface area is 115 Å². The molecule has 0 bridgehead atoms. The van der Waals surface area contributed by atoms with Crippen molar-refractivity contribution in [3.63, 3.8) is 0 Å². The van der Waals surface area contributed by atoms with Crippen molar-refractivity contribution < 1.29 is 14.4 Å². The summed E-state index contributed by atoms with van der Waals surface area (Å²) >= 11 is 0. The van der Waals surface area contributed by atoms with E-state index in [1.165, 1.54) is 6.92 Å². The van der Waals surface area contributed by atoms with Gasteiger partial charge < -0.3 is 14.9 Å². The lowest BCUT2D eigenvalue weighted by Crippen LogP contribution is -2.25. The molecule has 1 amide bonds. The summed E-state index contributed by atoms with van der Waals surface area (Å²) in [7, 11) is 0. The van der Waals surface area contributed by atoms with Crippen molar-refractivity contribution in [2.24, 2.45) is 0 Å². The lowest BCUT2D eigenvalue weighted by molar-refractivity contribution is 0.0946. The van der Waals surface area contributed by atoms with Crippen LogP contribution in [0.3, 0.4) is 0 Å². The van der Waals surface area contributed by atoms with Crippen molar-refractivity contribution >= 4 is 5.91 Å². The number of aliphatic hydroxyl groups excluding tert-OH is 1. The van der Waals surface area contributed by atoms with Crippen molar-refractivity contribution in [1.82, 2.24) is 15.5 Å². The number of carbonyl (C=O) groups excluding carboxylic acids is 1. The topological polar surface area (TPSA) is 88.3 Å². The van der Waals surface area contributed by atoms with Crippen LogP contribution in [0.15, 0.2) is 29.0 Å². The van der Waals surface area contributed by atoms with E-state index in [-0.39, 0.29) is 17.9 Å². The summed E-state index contributed by atoms with van der Waals surface area (Å²) in [5, 5.41) is 16.1. The molecule has 2 rings (SSSR count). The van der Waals surface area contributed by atoms with Crippen LogP contribution in [0.4, 0.5) is 0 Å². The summed E-state index contributed by atoms with van der Waals surface area (Å²) in [6, 6.07) is 3.46. The number of rotatable bonds is 4. The summed E-state index contributed by atoms with van der Waals surface area (Å²) in [4.78, 5) is 16.1. The third-order valence-corrected chi connectivity index (χ3v) is 2.61. The monoisotopic (exact) mass is 271 g/mol. The lowest BCUT2D eigenvalue weighted by atomic mass is 10.0. The van der Waals surface area contributed by atoms with E-state index in [0.717, 1.165) is 0 Å². The van der Waals surface area contributed by atoms with Gasteiger partial charge in [0.25, 0.3) is 5.91 Å². The van der Waals surface area contributed by atoms with Gasteiger partial charge in [-0.1, -0.05) is 11.1 Å². The highest BCUT2D eigenvalue weighted by Crippen LogP contribution is 2.28. The molecule has 2 aromatic rings. The standard InChI is InChI=1S/C14H13N3O3/c1-3-6-16-14(19)11-12(10-5-4-7-15-8-10)17-20-13(11)9(2)18/h1,4-5,7-9,18H,6H2,2H3,(H,16,19)/t9-/m0/s1. The number of nitrogens with one attached hydrogen (secondary N) is 1. The lowest BCUT2D eigenvalue weighted by Gasteiger charge is -2.05. The predicted octanol–water partition coefficient (Wildman–Crippen LogP) is 1.15. The summed E-state index contributed by atoms with van der Waals surface area (Å²) in [5.74, 6) is 1.96. The maximum atomic E-state index is 12.1. The third-order valence-electron chi connectivity index (χ3n) is 2.61. The smallest absolute Gasteiger partial charge is 0.258 e. The molecule has 2 N–H and O–H groups in total. The highest BCUT2D eigenvalue weighted by molar-refractivity contribution is 6.01. The molecule has 0 aromatic carbocycles. The molecule has 0 aliphatic heterocycles. The number of terminal acetylenes is 1. The second kappa shape index (κ2) is 5.99. The van der Waals surface area contributed by atoms with Crippen molar-refractivity contribution in [2.75, 3.05) is 6.54 Å². The molecular formula is C14H13N3O3. The maximum absolute atomic E-state index is 12.1. The van der Waals surface area contributed by atoms with E-state index in [2.05, 4.69) is 21.4 Å². The Kier molecular flexibility index (Phi) is 4.13. The Bertz CT molecular complexity index is 641. The van der Waals surface area contributed by atoms with Crippen molar-refractivity contribution in [2.45, 2.75) is 13.0 Å². The van der Waals surface area contributed by atoms with Gasteiger partial charge in [-0.05, 0) is 19.1 Å². The second-order valence-corrected chi connectivity index (χ2v) is 4.07. The van der Waals surface area contributed by atoms with Crippen LogP contribution in [0.25, 0.3) is 11.3 Å². The van der Waals surface area contributed by atoms with E-state index in [1.54, 1.807) is 24.5 Å². The first-order valence-corrected chi connectivity index (χ1v) is 5.94. The van der Waals surface area contributed by atoms with Gasteiger partial charge in [0.15, 0.2) is 5.76 Å². The van der Waals surface area contributed by atoms with Crippen LogP contribution in [0.2, 0.25) is 0 Å². The fourth-order valence-corrected chi connectivity index (χ4v) is 1.73. The molecule has 0 fully saturated rings. The number of hydrogen-bond donors (Lipinski definition) is 2. The molecule has 0 saturated carbocycles. The normalized spacial score (nSPS) is 11.7. The Morgan fingerprint density at radius 2 is 2.45 bits per heavy atom. The minimum atomic E-state index is -0.959. The Morgan fingerprint density at radius 3 is 3.05 bits per heavy atom.